The Hall–Kier alpha value is -1.14. The molecule has 18 heavy (non-hydrogen) atoms. The largest absolute Gasteiger partial charge is 0.383 e. The molecule has 6 heteroatoms. The van der Waals surface area contributed by atoms with Crippen LogP contribution in [0.3, 0.4) is 0 Å². The zero-order chi connectivity index (χ0) is 13.7. The van der Waals surface area contributed by atoms with E-state index in [1.54, 1.807) is 19.2 Å². The SMILES string of the molecule is COCC(Nc1ccc([N+](=O)[O-])c(Br)c1)C(C)C. The molecule has 0 aliphatic carbocycles. The third-order valence-electron chi connectivity index (χ3n) is 2.65. The monoisotopic (exact) mass is 316 g/mol. The topological polar surface area (TPSA) is 64.4 Å². The molecule has 0 aromatic heterocycles. The number of hydrogen-bond acceptors (Lipinski definition) is 4. The fraction of sp³-hybridized carbons (Fsp3) is 0.500. The summed E-state index contributed by atoms with van der Waals surface area (Å²) in [6.45, 7) is 4.78. The van der Waals surface area contributed by atoms with Gasteiger partial charge in [0.15, 0.2) is 0 Å². The van der Waals surface area contributed by atoms with Crippen molar-refractivity contribution in [1.29, 1.82) is 0 Å². The predicted octanol–water partition coefficient (Wildman–Crippen LogP) is 3.44. The average molecular weight is 317 g/mol. The summed E-state index contributed by atoms with van der Waals surface area (Å²) in [5.74, 6) is 0.402. The fourth-order valence-corrected chi connectivity index (χ4v) is 2.06. The summed E-state index contributed by atoms with van der Waals surface area (Å²) in [5.41, 5.74) is 0.900. The molecule has 1 atom stereocenters. The van der Waals surface area contributed by atoms with Gasteiger partial charge >= 0.3 is 0 Å². The lowest BCUT2D eigenvalue weighted by molar-refractivity contribution is -0.385. The maximum Gasteiger partial charge on any atom is 0.283 e. The number of nitrogens with one attached hydrogen (secondary N) is 1. The van der Waals surface area contributed by atoms with Gasteiger partial charge in [0.1, 0.15) is 0 Å². The van der Waals surface area contributed by atoms with Gasteiger partial charge in [0.25, 0.3) is 5.69 Å². The number of hydrogen-bond donors (Lipinski definition) is 1. The van der Waals surface area contributed by atoms with E-state index in [-0.39, 0.29) is 11.7 Å². The molecule has 1 rings (SSSR count). The first-order valence-corrected chi connectivity index (χ1v) is 6.44. The summed E-state index contributed by atoms with van der Waals surface area (Å²) < 4.78 is 5.62. The zero-order valence-corrected chi connectivity index (χ0v) is 12.2. The maximum atomic E-state index is 10.7. The quantitative estimate of drug-likeness (QED) is 0.645. The van der Waals surface area contributed by atoms with Gasteiger partial charge in [-0.05, 0) is 34.0 Å². The standard InChI is InChI=1S/C12H17BrN2O3/c1-8(2)11(7-18-3)14-9-4-5-12(15(16)17)10(13)6-9/h4-6,8,11,14H,7H2,1-3H3. The van der Waals surface area contributed by atoms with E-state index in [0.29, 0.717) is 17.0 Å². The van der Waals surface area contributed by atoms with E-state index in [0.717, 1.165) is 5.69 Å². The molecule has 0 aliphatic heterocycles. The van der Waals surface area contributed by atoms with E-state index in [1.807, 2.05) is 0 Å². The number of benzene rings is 1. The van der Waals surface area contributed by atoms with E-state index in [2.05, 4.69) is 35.1 Å². The van der Waals surface area contributed by atoms with E-state index in [4.69, 9.17) is 4.74 Å². The molecule has 0 spiro atoms. The summed E-state index contributed by atoms with van der Waals surface area (Å²) >= 11 is 3.20. The van der Waals surface area contributed by atoms with Crippen LogP contribution in [-0.2, 0) is 4.74 Å². The number of methoxy groups -OCH3 is 1. The molecule has 0 fully saturated rings. The van der Waals surface area contributed by atoms with Gasteiger partial charge in [-0.25, -0.2) is 0 Å². The summed E-state index contributed by atoms with van der Waals surface area (Å²) in [6.07, 6.45) is 0. The molecule has 1 N–H and O–H groups in total. The Kier molecular flexibility index (Phi) is 5.55. The molecule has 0 saturated carbocycles. The minimum Gasteiger partial charge on any atom is -0.383 e. The van der Waals surface area contributed by atoms with Gasteiger partial charge in [-0.1, -0.05) is 13.8 Å². The van der Waals surface area contributed by atoms with Crippen molar-refractivity contribution >= 4 is 27.3 Å². The summed E-state index contributed by atoms with van der Waals surface area (Å²) in [5, 5.41) is 14.0. The lowest BCUT2D eigenvalue weighted by Crippen LogP contribution is -2.30. The molecule has 0 heterocycles. The highest BCUT2D eigenvalue weighted by Crippen LogP contribution is 2.28. The Bertz CT molecular complexity index is 424. The molecule has 0 amide bonds. The first-order valence-electron chi connectivity index (χ1n) is 5.65. The Morgan fingerprint density at radius 3 is 2.61 bits per heavy atom. The minimum atomic E-state index is -0.414. The summed E-state index contributed by atoms with van der Waals surface area (Å²) in [4.78, 5) is 10.3. The van der Waals surface area contributed by atoms with Crippen LogP contribution in [0.4, 0.5) is 11.4 Å². The number of rotatable bonds is 6. The number of nitro groups is 1. The molecule has 0 aliphatic rings. The van der Waals surface area contributed by atoms with Crippen molar-refractivity contribution in [2.75, 3.05) is 19.0 Å². The number of halogens is 1. The second-order valence-electron chi connectivity index (χ2n) is 4.37. The van der Waals surface area contributed by atoms with E-state index in [1.165, 1.54) is 6.07 Å². The van der Waals surface area contributed by atoms with Crippen LogP contribution in [0.5, 0.6) is 0 Å². The molecule has 0 bridgehead atoms. The second kappa shape index (κ2) is 6.70. The number of anilines is 1. The van der Waals surface area contributed by atoms with Crippen molar-refractivity contribution in [3.05, 3.63) is 32.8 Å². The average Bonchev–Trinajstić information content (AvgIpc) is 2.27. The predicted molar refractivity (Wildman–Crippen MR) is 74.9 cm³/mol. The molecule has 5 nitrogen and oxygen atoms in total. The first-order chi connectivity index (χ1) is 8.45. The van der Waals surface area contributed by atoms with Gasteiger partial charge in [0.05, 0.1) is 22.0 Å². The number of ether oxygens (including phenoxy) is 1. The lowest BCUT2D eigenvalue weighted by Gasteiger charge is -2.22. The van der Waals surface area contributed by atoms with Crippen molar-refractivity contribution in [1.82, 2.24) is 0 Å². The van der Waals surface area contributed by atoms with E-state index < -0.39 is 4.92 Å². The first kappa shape index (κ1) is 14.9. The lowest BCUT2D eigenvalue weighted by atomic mass is 10.1. The molecule has 1 aromatic carbocycles. The van der Waals surface area contributed by atoms with Crippen molar-refractivity contribution in [2.45, 2.75) is 19.9 Å². The van der Waals surface area contributed by atoms with Crippen LogP contribution in [0.15, 0.2) is 22.7 Å². The van der Waals surface area contributed by atoms with E-state index >= 15 is 0 Å². The molecule has 0 radical (unpaired) electrons. The van der Waals surface area contributed by atoms with Crippen molar-refractivity contribution < 1.29 is 9.66 Å². The van der Waals surface area contributed by atoms with E-state index in [9.17, 15) is 10.1 Å². The highest BCUT2D eigenvalue weighted by molar-refractivity contribution is 9.10. The normalized spacial score (nSPS) is 12.5. The van der Waals surface area contributed by atoms with Gasteiger partial charge in [-0.15, -0.1) is 0 Å². The van der Waals surface area contributed by atoms with Crippen LogP contribution in [0, 0.1) is 16.0 Å². The minimum absolute atomic E-state index is 0.0633. The van der Waals surface area contributed by atoms with Crippen LogP contribution in [-0.4, -0.2) is 24.7 Å². The third-order valence-corrected chi connectivity index (χ3v) is 3.28. The van der Waals surface area contributed by atoms with Gasteiger partial charge in [-0.2, -0.15) is 0 Å². The molecule has 1 unspecified atom stereocenters. The van der Waals surface area contributed by atoms with Crippen LogP contribution in [0.25, 0.3) is 0 Å². The van der Waals surface area contributed by atoms with Gasteiger partial charge in [0, 0.05) is 18.9 Å². The highest BCUT2D eigenvalue weighted by atomic mass is 79.9. The zero-order valence-electron chi connectivity index (χ0n) is 10.6. The number of nitrogens with zero attached hydrogens (tertiary/aromatic N) is 1. The van der Waals surface area contributed by atoms with Gasteiger partial charge < -0.3 is 10.1 Å². The summed E-state index contributed by atoms with van der Waals surface area (Å²) in [7, 11) is 1.66. The van der Waals surface area contributed by atoms with Gasteiger partial charge in [0.2, 0.25) is 0 Å². The van der Waals surface area contributed by atoms with Crippen LogP contribution < -0.4 is 5.32 Å². The van der Waals surface area contributed by atoms with Crippen molar-refractivity contribution in [3.8, 4) is 0 Å². The van der Waals surface area contributed by atoms with Crippen LogP contribution >= 0.6 is 15.9 Å². The van der Waals surface area contributed by atoms with Crippen molar-refractivity contribution in [3.63, 3.8) is 0 Å². The molecular weight excluding hydrogens is 300 g/mol. The Morgan fingerprint density at radius 1 is 1.50 bits per heavy atom. The third kappa shape index (κ3) is 3.96. The molecule has 1 aromatic rings. The maximum absolute atomic E-state index is 10.7. The van der Waals surface area contributed by atoms with Crippen molar-refractivity contribution in [2.24, 2.45) is 5.92 Å². The Morgan fingerprint density at radius 2 is 2.17 bits per heavy atom. The summed E-state index contributed by atoms with van der Waals surface area (Å²) in [6, 6.07) is 5.07. The highest BCUT2D eigenvalue weighted by Gasteiger charge is 2.15. The molecular formula is C12H17BrN2O3. The molecule has 100 valence electrons. The number of nitro benzene ring substituents is 1. The van der Waals surface area contributed by atoms with Crippen LogP contribution in [0.2, 0.25) is 0 Å². The van der Waals surface area contributed by atoms with Gasteiger partial charge in [-0.3, -0.25) is 10.1 Å². The Balaban J connectivity index is 2.84. The van der Waals surface area contributed by atoms with Crippen LogP contribution in [0.1, 0.15) is 13.8 Å². The Labute approximate surface area is 115 Å². The smallest absolute Gasteiger partial charge is 0.283 e. The fourth-order valence-electron chi connectivity index (χ4n) is 1.54. The molecule has 0 saturated heterocycles. The second-order valence-corrected chi connectivity index (χ2v) is 5.23.